The molecule has 94 valence electrons. The van der Waals surface area contributed by atoms with Crippen LogP contribution in [0.1, 0.15) is 11.1 Å². The molecule has 2 aromatic heterocycles. The molecular weight excluding hydrogens is 240 g/mol. The topological polar surface area (TPSA) is 79.2 Å². The molecule has 1 N–H and O–H groups in total. The van der Waals surface area contributed by atoms with Crippen molar-refractivity contribution in [3.05, 3.63) is 48.0 Å². The van der Waals surface area contributed by atoms with Gasteiger partial charge in [0.25, 0.3) is 0 Å². The molecule has 0 radical (unpaired) electrons. The van der Waals surface area contributed by atoms with Crippen molar-refractivity contribution in [1.82, 2.24) is 19.9 Å². The molecule has 3 aromatic rings. The van der Waals surface area contributed by atoms with Gasteiger partial charge in [-0.2, -0.15) is 5.11 Å². The Balaban J connectivity index is 1.79. The van der Waals surface area contributed by atoms with Gasteiger partial charge in [0.05, 0.1) is 12.9 Å². The lowest BCUT2D eigenvalue weighted by atomic mass is 10.2. The summed E-state index contributed by atoms with van der Waals surface area (Å²) in [5, 5.41) is 8.29. The van der Waals surface area contributed by atoms with Gasteiger partial charge in [-0.05, 0) is 12.5 Å². The molecule has 6 nitrogen and oxygen atoms in total. The van der Waals surface area contributed by atoms with Crippen LogP contribution in [0, 0.1) is 6.92 Å². The quantitative estimate of drug-likeness (QED) is 0.728. The van der Waals surface area contributed by atoms with Crippen molar-refractivity contribution >= 4 is 17.0 Å². The van der Waals surface area contributed by atoms with Gasteiger partial charge in [0, 0.05) is 0 Å². The summed E-state index contributed by atoms with van der Waals surface area (Å²) in [5.41, 5.74) is 3.65. The van der Waals surface area contributed by atoms with Crippen molar-refractivity contribution in [2.24, 2.45) is 10.2 Å². The zero-order valence-corrected chi connectivity index (χ0v) is 10.4. The Morgan fingerprint density at radius 3 is 2.79 bits per heavy atom. The Hall–Kier alpha value is -2.63. The van der Waals surface area contributed by atoms with Crippen LogP contribution in [0.15, 0.2) is 47.1 Å². The van der Waals surface area contributed by atoms with E-state index in [1.807, 2.05) is 12.1 Å². The Kier molecular flexibility index (Phi) is 2.97. The summed E-state index contributed by atoms with van der Waals surface area (Å²) in [7, 11) is 0. The summed E-state index contributed by atoms with van der Waals surface area (Å²) in [5.74, 6) is 0.509. The number of nitrogens with one attached hydrogen (secondary N) is 1. The number of hydrogen-bond donors (Lipinski definition) is 1. The number of aromatic amines is 1. The molecule has 0 bridgehead atoms. The molecule has 0 atom stereocenters. The van der Waals surface area contributed by atoms with Gasteiger partial charge in [0.15, 0.2) is 5.65 Å². The van der Waals surface area contributed by atoms with Crippen molar-refractivity contribution in [2.45, 2.75) is 13.5 Å². The Morgan fingerprint density at radius 2 is 1.95 bits per heavy atom. The second-order valence-electron chi connectivity index (χ2n) is 4.18. The standard InChI is InChI=1S/C13H12N6/c1-9-2-4-10(5-3-9)6-18-19-13-11-12(15-7-14-11)16-8-17-13/h2-5,7-8H,6H2,1H3,(H,14,15,16,17). The summed E-state index contributed by atoms with van der Waals surface area (Å²) in [6.45, 7) is 2.58. The van der Waals surface area contributed by atoms with E-state index in [-0.39, 0.29) is 0 Å². The van der Waals surface area contributed by atoms with E-state index in [1.54, 1.807) is 6.33 Å². The molecule has 2 heterocycles. The molecule has 0 aliphatic carbocycles. The van der Waals surface area contributed by atoms with E-state index < -0.39 is 0 Å². The fourth-order valence-corrected chi connectivity index (χ4v) is 1.71. The number of hydrogen-bond acceptors (Lipinski definition) is 5. The number of H-pyrrole nitrogens is 1. The van der Waals surface area contributed by atoms with Crippen LogP contribution in [0.25, 0.3) is 11.2 Å². The average Bonchev–Trinajstić information content (AvgIpc) is 2.90. The number of aryl methyl sites for hydroxylation is 1. The van der Waals surface area contributed by atoms with Crippen LogP contribution in [0.2, 0.25) is 0 Å². The first kappa shape index (κ1) is 11.5. The second kappa shape index (κ2) is 4.93. The molecule has 0 saturated carbocycles. The van der Waals surface area contributed by atoms with Gasteiger partial charge < -0.3 is 4.98 Å². The predicted octanol–water partition coefficient (Wildman–Crippen LogP) is 2.95. The number of aromatic nitrogens is 4. The highest BCUT2D eigenvalue weighted by atomic mass is 15.2. The van der Waals surface area contributed by atoms with Crippen LogP contribution in [0.3, 0.4) is 0 Å². The third kappa shape index (κ3) is 2.47. The molecule has 0 aliphatic rings. The molecule has 6 heteroatoms. The van der Waals surface area contributed by atoms with Gasteiger partial charge in [-0.3, -0.25) is 0 Å². The highest BCUT2D eigenvalue weighted by Crippen LogP contribution is 2.18. The normalized spacial score (nSPS) is 11.4. The van der Waals surface area contributed by atoms with Crippen LogP contribution >= 0.6 is 0 Å². The predicted molar refractivity (Wildman–Crippen MR) is 71.1 cm³/mol. The molecule has 19 heavy (non-hydrogen) atoms. The first-order valence-electron chi connectivity index (χ1n) is 5.90. The lowest BCUT2D eigenvalue weighted by Crippen LogP contribution is -1.83. The fourth-order valence-electron chi connectivity index (χ4n) is 1.71. The first-order valence-corrected chi connectivity index (χ1v) is 5.90. The van der Waals surface area contributed by atoms with Crippen molar-refractivity contribution in [3.8, 4) is 0 Å². The first-order chi connectivity index (χ1) is 9.33. The maximum atomic E-state index is 4.16. The summed E-state index contributed by atoms with van der Waals surface area (Å²) in [6.07, 6.45) is 3.00. The SMILES string of the molecule is Cc1ccc(CN=Nc2ncnc3nc[nH]c23)cc1. The highest BCUT2D eigenvalue weighted by molar-refractivity contribution is 5.79. The van der Waals surface area contributed by atoms with Gasteiger partial charge >= 0.3 is 0 Å². The number of imidazole rings is 1. The van der Waals surface area contributed by atoms with Crippen LogP contribution in [0.5, 0.6) is 0 Å². The number of benzene rings is 1. The average molecular weight is 252 g/mol. The largest absolute Gasteiger partial charge is 0.340 e. The van der Waals surface area contributed by atoms with E-state index >= 15 is 0 Å². The zero-order chi connectivity index (χ0) is 13.1. The smallest absolute Gasteiger partial charge is 0.203 e. The van der Waals surface area contributed by atoms with Crippen LogP contribution < -0.4 is 0 Å². The van der Waals surface area contributed by atoms with Gasteiger partial charge in [-0.15, -0.1) is 5.11 Å². The number of fused-ring (bicyclic) bond motifs is 1. The highest BCUT2D eigenvalue weighted by Gasteiger charge is 2.03. The molecule has 3 rings (SSSR count). The summed E-state index contributed by atoms with van der Waals surface area (Å²) < 4.78 is 0. The maximum absolute atomic E-state index is 4.16. The van der Waals surface area contributed by atoms with Crippen LogP contribution in [-0.2, 0) is 6.54 Å². The van der Waals surface area contributed by atoms with Crippen molar-refractivity contribution in [1.29, 1.82) is 0 Å². The zero-order valence-electron chi connectivity index (χ0n) is 10.4. The van der Waals surface area contributed by atoms with E-state index in [2.05, 4.69) is 49.2 Å². The van der Waals surface area contributed by atoms with E-state index in [1.165, 1.54) is 11.9 Å². The molecule has 0 aliphatic heterocycles. The number of rotatable bonds is 3. The number of azo groups is 1. The molecule has 0 amide bonds. The van der Waals surface area contributed by atoms with E-state index in [9.17, 15) is 0 Å². The van der Waals surface area contributed by atoms with E-state index in [0.29, 0.717) is 23.5 Å². The lowest BCUT2D eigenvalue weighted by Gasteiger charge is -1.96. The summed E-state index contributed by atoms with van der Waals surface area (Å²) >= 11 is 0. The minimum absolute atomic E-state index is 0.509. The molecule has 0 spiro atoms. The van der Waals surface area contributed by atoms with Crippen LogP contribution in [0.4, 0.5) is 5.82 Å². The molecule has 0 unspecified atom stereocenters. The van der Waals surface area contributed by atoms with E-state index in [0.717, 1.165) is 5.56 Å². The van der Waals surface area contributed by atoms with E-state index in [4.69, 9.17) is 0 Å². The third-order valence-corrected chi connectivity index (χ3v) is 2.74. The second-order valence-corrected chi connectivity index (χ2v) is 4.18. The summed E-state index contributed by atoms with van der Waals surface area (Å²) in [4.78, 5) is 15.1. The monoisotopic (exact) mass is 252 g/mol. The van der Waals surface area contributed by atoms with Crippen molar-refractivity contribution in [2.75, 3.05) is 0 Å². The number of nitrogens with zero attached hydrogens (tertiary/aromatic N) is 5. The lowest BCUT2D eigenvalue weighted by molar-refractivity contribution is 0.945. The Labute approximate surface area is 109 Å². The van der Waals surface area contributed by atoms with Gasteiger partial charge in [-0.25, -0.2) is 15.0 Å². The summed E-state index contributed by atoms with van der Waals surface area (Å²) in [6, 6.07) is 8.20. The third-order valence-electron chi connectivity index (χ3n) is 2.74. The van der Waals surface area contributed by atoms with Gasteiger partial charge in [0.1, 0.15) is 11.8 Å². The van der Waals surface area contributed by atoms with Gasteiger partial charge in [-0.1, -0.05) is 29.8 Å². The molecular formula is C13H12N6. The minimum Gasteiger partial charge on any atom is -0.340 e. The Morgan fingerprint density at radius 1 is 1.11 bits per heavy atom. The van der Waals surface area contributed by atoms with Crippen molar-refractivity contribution < 1.29 is 0 Å². The van der Waals surface area contributed by atoms with Gasteiger partial charge in [0.2, 0.25) is 5.82 Å². The molecule has 0 saturated heterocycles. The minimum atomic E-state index is 0.509. The maximum Gasteiger partial charge on any atom is 0.203 e. The fraction of sp³-hybridized carbons (Fsp3) is 0.154. The van der Waals surface area contributed by atoms with Crippen LogP contribution in [-0.4, -0.2) is 19.9 Å². The molecule has 1 aromatic carbocycles. The Bertz CT molecular complexity index is 713. The molecule has 0 fully saturated rings. The van der Waals surface area contributed by atoms with Crippen molar-refractivity contribution in [3.63, 3.8) is 0 Å².